The first kappa shape index (κ1) is 98.8. The number of carbonyl (C=O) groups is 2. The molecule has 0 fully saturated rings. The molecule has 0 rings (SSSR count). The number of rotatable bonds is 2. The number of aliphatic hydroxyl groups excluding tert-OH is 1. The van der Waals surface area contributed by atoms with Gasteiger partial charge in [-0.2, -0.15) is 8.78 Å². The van der Waals surface area contributed by atoms with Crippen LogP contribution < -0.4 is 0 Å². The SMILES string of the molecule is C.C#CC.CC#CC(=O)O.CC#CC(=O)OC.CF.CO.COC(C)(F)F.COCF.S=S=S=S=S=S=S=S=S=S.S=S=S=S=S=S=S=S=S=S=S=S=S.S=S=S=S=S=S=S=S=S=S=S=S=S=S. The Morgan fingerprint density at radius 1 is 0.529 bits per heavy atom. The Balaban J connectivity index is -0.0000000622. The molecule has 0 unspecified atom stereocenters. The lowest BCUT2D eigenvalue weighted by Crippen LogP contribution is -2.10. The van der Waals surface area contributed by atoms with Crippen molar-refractivity contribution in [3.63, 3.8) is 0 Å². The van der Waals surface area contributed by atoms with Gasteiger partial charge in [-0.15, -0.1) is 12.3 Å². The van der Waals surface area contributed by atoms with E-state index in [1.165, 1.54) is 74.4 Å². The van der Waals surface area contributed by atoms with E-state index >= 15 is 0 Å². The number of alkyl halides is 4. The van der Waals surface area contributed by atoms with Crippen LogP contribution in [-0.4, -0.2) is 70.7 Å². The van der Waals surface area contributed by atoms with Crippen molar-refractivity contribution in [1.82, 2.24) is 0 Å². The molecule has 0 aliphatic heterocycles. The average Bonchev–Trinajstić information content (AvgIpc) is 3.32. The van der Waals surface area contributed by atoms with Crippen LogP contribution in [0.15, 0.2) is 0 Å². The summed E-state index contributed by atoms with van der Waals surface area (Å²) < 4.78 is 54.1. The summed E-state index contributed by atoms with van der Waals surface area (Å²) in [5, 5.41) is 14.7. The standard InChI is InChI=1S/C5H6O2.C4H4O2.C3H6F2O.C3H4.C2H5FO.CH3F.CH4O.CH4.S14.S13.S10/c1-3-4-5(6)7-2;1-2-3-4(5)6;1-3(4,5)6-2;1-3-2;1-4-2-3;2*1-2;;1-3-5-7-9-11-13-14-12-10-8-6-4-2;1-3-5-7-9-11-13-12-10-8-6-4-2;1-3-5-7-9-10-8-6-4-2/h1-2H3;1H3,(H,5,6);1-2H3;1H,2H3;2H2,1H3;1H3;2H,1H3;1H4;;;. The number of terminal acetylenes is 1. The number of aliphatic carboxylic acids is 1. The molecule has 0 aromatic rings. The van der Waals surface area contributed by atoms with Gasteiger partial charge in [0.1, 0.15) is 0 Å². The van der Waals surface area contributed by atoms with Crippen LogP contribution in [-0.2, 0) is 366 Å². The number of methoxy groups -OCH3 is 3. The highest BCUT2D eigenvalue weighted by Gasteiger charge is 2.17. The maximum absolute atomic E-state index is 11.2. The third-order valence-electron chi connectivity index (χ3n) is 1.89. The van der Waals surface area contributed by atoms with Gasteiger partial charge in [-0.1, -0.05) is 19.3 Å². The monoisotopic (exact) mass is 1650 g/mol. The van der Waals surface area contributed by atoms with Crippen molar-refractivity contribution in [1.29, 1.82) is 0 Å². The molecule has 0 radical (unpaired) electrons. The summed E-state index contributed by atoms with van der Waals surface area (Å²) in [6.07, 6.45) is 1.64. The maximum atomic E-state index is 11.2. The number of ether oxygens (including phenoxy) is 3. The predicted molar refractivity (Wildman–Crippen MR) is 386 cm³/mol. The zero-order valence-corrected chi connectivity index (χ0v) is 64.0. The third kappa shape index (κ3) is 172. The fraction of sp³-hybridized carbons (Fsp3) is 0.600. The Morgan fingerprint density at radius 3 is 0.750 bits per heavy atom. The predicted octanol–water partition coefficient (Wildman–Crippen LogP) is 3.46. The molecular formula is C20H36F4O7S37. The molecule has 0 aliphatic carbocycles. The number of esters is 1. The lowest BCUT2D eigenvalue weighted by Gasteiger charge is -2.03. The van der Waals surface area contributed by atoms with Crippen molar-refractivity contribution < 1.29 is 51.6 Å². The van der Waals surface area contributed by atoms with Crippen molar-refractivity contribution in [3.8, 4) is 36.0 Å². The van der Waals surface area contributed by atoms with E-state index in [2.05, 4.69) is 66.7 Å². The molecule has 48 heteroatoms. The number of carboxylic acids is 1. The smallest absolute Gasteiger partial charge is 0.384 e. The number of halogens is 4. The first-order valence-corrected chi connectivity index (χ1v) is 58.3. The van der Waals surface area contributed by atoms with E-state index in [-0.39, 0.29) is 7.43 Å². The van der Waals surface area contributed by atoms with E-state index in [0.29, 0.717) is 14.1 Å². The van der Waals surface area contributed by atoms with Crippen molar-refractivity contribution in [3.05, 3.63) is 0 Å². The van der Waals surface area contributed by atoms with E-state index in [4.69, 9.17) is 55.0 Å². The second-order valence-electron chi connectivity index (χ2n) is 5.35. The Bertz CT molecular complexity index is 2780. The molecule has 0 aromatic carbocycles. The van der Waals surface area contributed by atoms with E-state index < -0.39 is 24.9 Å². The van der Waals surface area contributed by atoms with Crippen LogP contribution in [0.4, 0.5) is 17.6 Å². The van der Waals surface area contributed by atoms with Crippen LogP contribution in [0.5, 0.6) is 0 Å². The molecule has 0 aliphatic rings. The molecule has 0 saturated heterocycles. The van der Waals surface area contributed by atoms with Crippen molar-refractivity contribution >= 4 is 354 Å². The first-order chi connectivity index (χ1) is 32.2. The van der Waals surface area contributed by atoms with Gasteiger partial charge < -0.3 is 24.4 Å². The minimum Gasteiger partial charge on any atom is -0.472 e. The fourth-order valence-electron chi connectivity index (χ4n) is 0.544. The molecule has 408 valence electrons. The fourth-order valence-corrected chi connectivity index (χ4v) is 69.2. The van der Waals surface area contributed by atoms with Gasteiger partial charge in [-0.05, 0) is 20.8 Å². The summed E-state index contributed by atoms with van der Waals surface area (Å²) in [6.45, 7) is 4.72. The number of hydrogen-bond donors (Lipinski definition) is 2. The molecular weight excluding hydrogens is 1610 g/mol. The number of aliphatic hydroxyl groups is 1. The van der Waals surface area contributed by atoms with Crippen LogP contribution in [0.2, 0.25) is 0 Å². The largest absolute Gasteiger partial charge is 0.472 e. The van der Waals surface area contributed by atoms with Gasteiger partial charge in [-0.3, -0.25) is 4.39 Å². The minimum atomic E-state index is -2.96. The van der Waals surface area contributed by atoms with Gasteiger partial charge in [0.15, 0.2) is 6.86 Å². The second kappa shape index (κ2) is 112. The molecule has 7 nitrogen and oxygen atoms in total. The lowest BCUT2D eigenvalue weighted by atomic mass is 10.6. The Labute approximate surface area is 515 Å². The Kier molecular flexibility index (Phi) is 163. The minimum absolute atomic E-state index is 0. The lowest BCUT2D eigenvalue weighted by molar-refractivity contribution is -0.205. The summed E-state index contributed by atoms with van der Waals surface area (Å²) >= 11 is 28.1. The summed E-state index contributed by atoms with van der Waals surface area (Å²) in [5.74, 6) is 9.36. The number of carboxylic acid groups (broad SMARTS) is 1. The molecule has 0 aromatic heterocycles. The highest BCUT2D eigenvalue weighted by molar-refractivity contribution is 8.77. The van der Waals surface area contributed by atoms with Gasteiger partial charge in [-0.25, -0.2) is 14.0 Å². The van der Waals surface area contributed by atoms with Crippen LogP contribution in [0.1, 0.15) is 35.1 Å². The van der Waals surface area contributed by atoms with Crippen LogP contribution >= 0.6 is 0 Å². The third-order valence-corrected chi connectivity index (χ3v) is 64.1. The quantitative estimate of drug-likeness (QED) is 0.183. The van der Waals surface area contributed by atoms with E-state index in [0.717, 1.165) is 14.2 Å². The maximum Gasteiger partial charge on any atom is 0.384 e. The summed E-state index contributed by atoms with van der Waals surface area (Å²) in [7, 11) is 55.8. The van der Waals surface area contributed by atoms with Gasteiger partial charge in [0.2, 0.25) is 0 Å². The molecule has 0 amide bonds. The zero-order chi connectivity index (χ0) is 53.9. The van der Waals surface area contributed by atoms with Crippen LogP contribution in [0, 0.1) is 36.0 Å². The van der Waals surface area contributed by atoms with Crippen LogP contribution in [0.3, 0.4) is 0 Å². The van der Waals surface area contributed by atoms with E-state index in [1.807, 2.05) is 5.92 Å². The molecule has 0 saturated carbocycles. The van der Waals surface area contributed by atoms with Gasteiger partial charge in [0, 0.05) is 383 Å². The summed E-state index contributed by atoms with van der Waals surface area (Å²) in [4.78, 5) is 19.4. The molecule has 0 heterocycles. The molecule has 68 heavy (non-hydrogen) atoms. The van der Waals surface area contributed by atoms with Gasteiger partial charge in [0.05, 0.1) is 14.3 Å². The number of carbonyl (C=O) groups excluding carboxylic acids is 1. The summed E-state index contributed by atoms with van der Waals surface area (Å²) in [5.41, 5.74) is 0. The van der Waals surface area contributed by atoms with Crippen molar-refractivity contribution in [2.45, 2.75) is 41.2 Å². The normalized spacial score (nSPS) is 6.72. The summed E-state index contributed by atoms with van der Waals surface area (Å²) in [6, 6.07) is 0. The Morgan fingerprint density at radius 2 is 0.691 bits per heavy atom. The zero-order valence-electron chi connectivity index (χ0n) is 33.8. The average molecular weight is 1650 g/mol. The number of hydrogen-bond acceptors (Lipinski definition) is 12. The molecule has 0 spiro atoms. The highest BCUT2D eigenvalue weighted by Crippen LogP contribution is 2.09. The Hall–Kier alpha value is 5.36. The first-order valence-electron chi connectivity index (χ1n) is 13.0. The van der Waals surface area contributed by atoms with Gasteiger partial charge >= 0.3 is 18.0 Å². The van der Waals surface area contributed by atoms with Crippen molar-refractivity contribution in [2.24, 2.45) is 0 Å². The topological polar surface area (TPSA) is 102 Å². The molecule has 0 atom stereocenters. The second-order valence-corrected chi connectivity index (χ2v) is 60.2. The van der Waals surface area contributed by atoms with E-state index in [9.17, 15) is 27.2 Å². The van der Waals surface area contributed by atoms with Crippen molar-refractivity contribution in [2.75, 3.05) is 42.5 Å². The van der Waals surface area contributed by atoms with Gasteiger partial charge in [0.25, 0.3) is 0 Å². The molecule has 0 bridgehead atoms. The van der Waals surface area contributed by atoms with E-state index in [1.54, 1.807) is 236 Å². The highest BCUT2D eigenvalue weighted by atomic mass is 33.5. The molecule has 2 N–H and O–H groups in total. The van der Waals surface area contributed by atoms with Crippen LogP contribution in [0.25, 0.3) is 0 Å².